The topological polar surface area (TPSA) is 68.0 Å². The first kappa shape index (κ1) is 10.4. The molecule has 0 aliphatic heterocycles. The fourth-order valence-corrected chi connectivity index (χ4v) is 1.32. The van der Waals surface area contributed by atoms with Crippen molar-refractivity contribution in [3.63, 3.8) is 0 Å². The first-order chi connectivity index (χ1) is 7.70. The van der Waals surface area contributed by atoms with Crippen molar-refractivity contribution in [3.05, 3.63) is 35.7 Å². The van der Waals surface area contributed by atoms with Gasteiger partial charge in [-0.05, 0) is 13.0 Å². The summed E-state index contributed by atoms with van der Waals surface area (Å²) in [6, 6.07) is 7.67. The predicted octanol–water partition coefficient (Wildman–Crippen LogP) is 1.40. The fraction of sp³-hybridized carbons (Fsp3) is 0.182. The van der Waals surface area contributed by atoms with Gasteiger partial charge in [-0.3, -0.25) is 4.79 Å². The maximum Gasteiger partial charge on any atom is 0.316 e. The average Bonchev–Trinajstić information content (AvgIpc) is 2.77. The van der Waals surface area contributed by atoms with Gasteiger partial charge in [-0.2, -0.15) is 4.98 Å². The second kappa shape index (κ2) is 4.14. The van der Waals surface area contributed by atoms with E-state index >= 15 is 0 Å². The molecule has 1 aromatic carbocycles. The van der Waals surface area contributed by atoms with Crippen molar-refractivity contribution >= 4 is 5.91 Å². The summed E-state index contributed by atoms with van der Waals surface area (Å²) in [4.78, 5) is 15.2. The lowest BCUT2D eigenvalue weighted by molar-refractivity contribution is 0.0919. The third-order valence-electron chi connectivity index (χ3n) is 2.12. The van der Waals surface area contributed by atoms with Gasteiger partial charge in [0.1, 0.15) is 0 Å². The molecule has 2 aromatic rings. The van der Waals surface area contributed by atoms with E-state index in [9.17, 15) is 4.79 Å². The van der Waals surface area contributed by atoms with Crippen LogP contribution in [-0.2, 0) is 0 Å². The molecule has 0 saturated carbocycles. The van der Waals surface area contributed by atoms with Crippen LogP contribution in [0.2, 0.25) is 0 Å². The minimum atomic E-state index is -0.383. The first-order valence-corrected chi connectivity index (χ1v) is 4.83. The number of carbonyl (C=O) groups is 1. The van der Waals surface area contributed by atoms with E-state index in [-0.39, 0.29) is 11.8 Å². The molecule has 1 heterocycles. The molecule has 0 spiro atoms. The van der Waals surface area contributed by atoms with Gasteiger partial charge in [-0.15, -0.1) is 0 Å². The maximum absolute atomic E-state index is 11.2. The minimum Gasteiger partial charge on any atom is -0.351 e. The molecule has 2 rings (SSSR count). The number of rotatable bonds is 2. The van der Waals surface area contributed by atoms with Crippen molar-refractivity contribution in [3.8, 4) is 11.4 Å². The Kier molecular flexibility index (Phi) is 2.68. The summed E-state index contributed by atoms with van der Waals surface area (Å²) in [5, 5.41) is 6.17. The van der Waals surface area contributed by atoms with Gasteiger partial charge in [0.15, 0.2) is 0 Å². The fourth-order valence-electron chi connectivity index (χ4n) is 1.32. The molecule has 82 valence electrons. The van der Waals surface area contributed by atoms with Crippen LogP contribution >= 0.6 is 0 Å². The highest BCUT2D eigenvalue weighted by Crippen LogP contribution is 2.16. The lowest BCUT2D eigenvalue weighted by Crippen LogP contribution is -2.17. The highest BCUT2D eigenvalue weighted by Gasteiger charge is 2.14. The lowest BCUT2D eigenvalue weighted by Gasteiger charge is -1.95. The quantitative estimate of drug-likeness (QED) is 0.825. The largest absolute Gasteiger partial charge is 0.351 e. The highest BCUT2D eigenvalue weighted by atomic mass is 16.5. The van der Waals surface area contributed by atoms with Crippen LogP contribution in [0, 0.1) is 6.92 Å². The van der Waals surface area contributed by atoms with E-state index in [0.717, 1.165) is 11.1 Å². The number of benzene rings is 1. The van der Waals surface area contributed by atoms with Gasteiger partial charge in [-0.25, -0.2) is 0 Å². The minimum absolute atomic E-state index is 0.0287. The van der Waals surface area contributed by atoms with Crippen molar-refractivity contribution < 1.29 is 9.32 Å². The zero-order chi connectivity index (χ0) is 11.5. The van der Waals surface area contributed by atoms with Gasteiger partial charge in [0.25, 0.3) is 0 Å². The van der Waals surface area contributed by atoms with E-state index < -0.39 is 0 Å². The average molecular weight is 217 g/mol. The van der Waals surface area contributed by atoms with Crippen molar-refractivity contribution in [2.24, 2.45) is 0 Å². The van der Waals surface area contributed by atoms with Gasteiger partial charge in [0.05, 0.1) is 0 Å². The summed E-state index contributed by atoms with van der Waals surface area (Å²) in [5.74, 6) is 0.00714. The Morgan fingerprint density at radius 1 is 1.44 bits per heavy atom. The number of amides is 1. The molecule has 0 fully saturated rings. The normalized spacial score (nSPS) is 10.1. The Morgan fingerprint density at radius 2 is 2.25 bits per heavy atom. The monoisotopic (exact) mass is 217 g/mol. The molecular weight excluding hydrogens is 206 g/mol. The second-order valence-corrected chi connectivity index (χ2v) is 3.37. The molecule has 5 heteroatoms. The lowest BCUT2D eigenvalue weighted by atomic mass is 10.1. The summed E-state index contributed by atoms with van der Waals surface area (Å²) >= 11 is 0. The molecular formula is C11H11N3O2. The number of hydrogen-bond donors (Lipinski definition) is 1. The Labute approximate surface area is 92.5 Å². The van der Waals surface area contributed by atoms with Crippen LogP contribution in [0.15, 0.2) is 28.8 Å². The SMILES string of the molecule is CNC(=O)c1nc(-c2cccc(C)c2)no1. The molecule has 0 bridgehead atoms. The van der Waals surface area contributed by atoms with Gasteiger partial charge in [0, 0.05) is 12.6 Å². The van der Waals surface area contributed by atoms with Crippen molar-refractivity contribution in [2.75, 3.05) is 7.05 Å². The van der Waals surface area contributed by atoms with Crippen LogP contribution in [0.5, 0.6) is 0 Å². The highest BCUT2D eigenvalue weighted by molar-refractivity contribution is 5.89. The van der Waals surface area contributed by atoms with E-state index in [4.69, 9.17) is 4.52 Å². The van der Waals surface area contributed by atoms with Crippen molar-refractivity contribution in [1.82, 2.24) is 15.5 Å². The second-order valence-electron chi connectivity index (χ2n) is 3.37. The third-order valence-corrected chi connectivity index (χ3v) is 2.12. The Bertz CT molecular complexity index is 519. The molecule has 0 unspecified atom stereocenters. The van der Waals surface area contributed by atoms with Gasteiger partial charge in [0.2, 0.25) is 5.82 Å². The van der Waals surface area contributed by atoms with Gasteiger partial charge in [-0.1, -0.05) is 28.9 Å². The van der Waals surface area contributed by atoms with Crippen LogP contribution in [0.4, 0.5) is 0 Å². The molecule has 0 radical (unpaired) electrons. The number of hydrogen-bond acceptors (Lipinski definition) is 4. The molecule has 0 aliphatic carbocycles. The van der Waals surface area contributed by atoms with E-state index in [1.165, 1.54) is 7.05 Å². The van der Waals surface area contributed by atoms with E-state index in [0.29, 0.717) is 5.82 Å². The molecule has 0 aliphatic rings. The zero-order valence-electron chi connectivity index (χ0n) is 9.02. The molecule has 1 aromatic heterocycles. The van der Waals surface area contributed by atoms with Gasteiger partial charge >= 0.3 is 11.8 Å². The van der Waals surface area contributed by atoms with E-state index in [1.54, 1.807) is 0 Å². The smallest absolute Gasteiger partial charge is 0.316 e. The van der Waals surface area contributed by atoms with Gasteiger partial charge < -0.3 is 9.84 Å². The molecule has 5 nitrogen and oxygen atoms in total. The summed E-state index contributed by atoms with van der Waals surface area (Å²) in [5.41, 5.74) is 1.93. The number of carbonyl (C=O) groups excluding carboxylic acids is 1. The van der Waals surface area contributed by atoms with Crippen molar-refractivity contribution in [2.45, 2.75) is 6.92 Å². The number of nitrogens with one attached hydrogen (secondary N) is 1. The van der Waals surface area contributed by atoms with Crippen LogP contribution in [-0.4, -0.2) is 23.1 Å². The first-order valence-electron chi connectivity index (χ1n) is 4.83. The third kappa shape index (κ3) is 1.93. The summed E-state index contributed by atoms with van der Waals surface area (Å²) in [6.07, 6.45) is 0. The predicted molar refractivity (Wildman–Crippen MR) is 57.9 cm³/mol. The van der Waals surface area contributed by atoms with Crippen molar-refractivity contribution in [1.29, 1.82) is 0 Å². The van der Waals surface area contributed by atoms with E-state index in [2.05, 4.69) is 15.5 Å². The molecule has 1 N–H and O–H groups in total. The Morgan fingerprint density at radius 3 is 2.94 bits per heavy atom. The summed E-state index contributed by atoms with van der Waals surface area (Å²) < 4.78 is 4.84. The van der Waals surface area contributed by atoms with Crippen LogP contribution in [0.25, 0.3) is 11.4 Å². The summed E-state index contributed by atoms with van der Waals surface area (Å²) in [7, 11) is 1.51. The maximum atomic E-state index is 11.2. The van der Waals surface area contributed by atoms with Crippen LogP contribution < -0.4 is 5.32 Å². The summed E-state index contributed by atoms with van der Waals surface area (Å²) in [6.45, 7) is 1.98. The molecule has 0 saturated heterocycles. The molecule has 16 heavy (non-hydrogen) atoms. The number of aromatic nitrogens is 2. The molecule has 1 amide bonds. The Balaban J connectivity index is 2.35. The number of aryl methyl sites for hydroxylation is 1. The van der Waals surface area contributed by atoms with Crippen LogP contribution in [0.3, 0.4) is 0 Å². The Hall–Kier alpha value is -2.17. The van der Waals surface area contributed by atoms with E-state index in [1.807, 2.05) is 31.2 Å². The standard InChI is InChI=1S/C11H11N3O2/c1-7-4-3-5-8(6-7)9-13-11(16-14-9)10(15)12-2/h3-6H,1-2H3,(H,12,15). The zero-order valence-corrected chi connectivity index (χ0v) is 9.02. The van der Waals surface area contributed by atoms with Crippen LogP contribution in [0.1, 0.15) is 16.2 Å². The molecule has 0 atom stereocenters. The number of nitrogens with zero attached hydrogens (tertiary/aromatic N) is 2.